The van der Waals surface area contributed by atoms with Gasteiger partial charge in [-0.25, -0.2) is 0 Å². The van der Waals surface area contributed by atoms with Gasteiger partial charge in [0.2, 0.25) is 5.91 Å². The van der Waals surface area contributed by atoms with Crippen molar-refractivity contribution in [3.8, 4) is 6.07 Å². The number of aryl methyl sites for hydroxylation is 1. The number of fused-ring (bicyclic) bond motifs is 1. The van der Waals surface area contributed by atoms with Crippen LogP contribution in [0.2, 0.25) is 5.02 Å². The second-order valence-corrected chi connectivity index (χ2v) is 9.91. The molecule has 2 aliphatic carbocycles. The van der Waals surface area contributed by atoms with Gasteiger partial charge >= 0.3 is 0 Å². The van der Waals surface area contributed by atoms with E-state index in [1.807, 2.05) is 26.0 Å². The molecule has 4 aliphatic rings. The number of amides is 1. The molecule has 0 spiro atoms. The third-order valence-corrected chi connectivity index (χ3v) is 7.89. The van der Waals surface area contributed by atoms with E-state index >= 15 is 0 Å². The summed E-state index contributed by atoms with van der Waals surface area (Å²) in [4.78, 5) is 18.6. The Balaban J connectivity index is 1.44. The molecule has 1 aromatic heterocycles. The van der Waals surface area contributed by atoms with Crippen LogP contribution in [0.4, 0.5) is 0 Å². The molecule has 6 rings (SSSR count). The number of hydrogen-bond donors (Lipinski definition) is 2. The summed E-state index contributed by atoms with van der Waals surface area (Å²) in [6, 6.07) is 6.45. The molecule has 2 N–H and O–H groups in total. The van der Waals surface area contributed by atoms with Gasteiger partial charge in [0, 0.05) is 35.0 Å². The van der Waals surface area contributed by atoms with Crippen LogP contribution in [0, 0.1) is 24.2 Å². The summed E-state index contributed by atoms with van der Waals surface area (Å²) in [6.07, 6.45) is 4.70. The summed E-state index contributed by atoms with van der Waals surface area (Å²) in [5.74, 6) is 0.571. The van der Waals surface area contributed by atoms with Crippen LogP contribution in [-0.2, 0) is 4.79 Å². The Morgan fingerprint density at radius 2 is 2.07 bits per heavy atom. The van der Waals surface area contributed by atoms with E-state index in [0.29, 0.717) is 35.9 Å². The Morgan fingerprint density at radius 1 is 1.38 bits per heavy atom. The lowest BCUT2D eigenvalue weighted by Crippen LogP contribution is -2.65. The summed E-state index contributed by atoms with van der Waals surface area (Å²) < 4.78 is 0. The summed E-state index contributed by atoms with van der Waals surface area (Å²) in [5, 5.41) is 21.9. The van der Waals surface area contributed by atoms with E-state index in [1.165, 1.54) is 0 Å². The zero-order valence-corrected chi connectivity index (χ0v) is 17.6. The number of halogens is 1. The number of rotatable bonds is 3. The second kappa shape index (κ2) is 6.48. The average Bonchev–Trinajstić information content (AvgIpc) is 3.02. The Hall–Kier alpha value is -2.03. The number of piperidine rings is 2. The van der Waals surface area contributed by atoms with Crippen molar-refractivity contribution in [1.29, 1.82) is 5.26 Å². The number of aliphatic hydroxyl groups is 1. The molecule has 29 heavy (non-hydrogen) atoms. The molecule has 0 radical (unpaired) electrons. The molecule has 2 saturated heterocycles. The van der Waals surface area contributed by atoms with E-state index in [4.69, 9.17) is 11.6 Å². The van der Waals surface area contributed by atoms with Gasteiger partial charge in [-0.3, -0.25) is 4.79 Å². The molecule has 1 amide bonds. The first-order valence-corrected chi connectivity index (χ1v) is 10.9. The van der Waals surface area contributed by atoms with E-state index < -0.39 is 5.60 Å². The Labute approximate surface area is 175 Å². The maximum atomic E-state index is 13.3. The van der Waals surface area contributed by atoms with Crippen LogP contribution in [0.15, 0.2) is 12.1 Å². The number of nitrogens with zero attached hydrogens (tertiary/aromatic N) is 2. The van der Waals surface area contributed by atoms with Gasteiger partial charge in [-0.05, 0) is 62.5 Å². The van der Waals surface area contributed by atoms with Crippen molar-refractivity contribution in [3.05, 3.63) is 34.0 Å². The van der Waals surface area contributed by atoms with Crippen molar-refractivity contribution in [2.24, 2.45) is 5.92 Å². The molecule has 1 aromatic carbocycles. The number of H-pyrrole nitrogens is 1. The fraction of sp³-hybridized carbons (Fsp3) is 0.565. The van der Waals surface area contributed by atoms with Gasteiger partial charge in [-0.2, -0.15) is 5.26 Å². The van der Waals surface area contributed by atoms with Crippen molar-refractivity contribution in [3.63, 3.8) is 0 Å². The van der Waals surface area contributed by atoms with Gasteiger partial charge in [0.1, 0.15) is 11.8 Å². The number of benzene rings is 1. The van der Waals surface area contributed by atoms with Crippen molar-refractivity contribution >= 4 is 28.4 Å². The average molecular weight is 412 g/mol. The van der Waals surface area contributed by atoms with E-state index in [-0.39, 0.29) is 23.9 Å². The predicted molar refractivity (Wildman–Crippen MR) is 112 cm³/mol. The summed E-state index contributed by atoms with van der Waals surface area (Å²) >= 11 is 6.59. The molecule has 152 valence electrons. The first kappa shape index (κ1) is 19.0. The van der Waals surface area contributed by atoms with E-state index in [9.17, 15) is 15.2 Å². The third-order valence-electron chi connectivity index (χ3n) is 7.40. The molecule has 5 nitrogen and oxygen atoms in total. The Bertz CT molecular complexity index is 1040. The maximum absolute atomic E-state index is 13.3. The summed E-state index contributed by atoms with van der Waals surface area (Å²) in [5.41, 5.74) is 2.56. The minimum absolute atomic E-state index is 0.120. The van der Waals surface area contributed by atoms with Gasteiger partial charge in [-0.15, -0.1) is 0 Å². The zero-order valence-electron chi connectivity index (χ0n) is 16.8. The van der Waals surface area contributed by atoms with Gasteiger partial charge in [-0.1, -0.05) is 24.6 Å². The van der Waals surface area contributed by atoms with Crippen LogP contribution < -0.4 is 0 Å². The Morgan fingerprint density at radius 3 is 2.69 bits per heavy atom. The van der Waals surface area contributed by atoms with Crippen LogP contribution in [0.25, 0.3) is 10.9 Å². The van der Waals surface area contributed by atoms with Crippen LogP contribution in [-0.4, -0.2) is 38.6 Å². The van der Waals surface area contributed by atoms with Crippen molar-refractivity contribution in [2.45, 2.75) is 76.0 Å². The van der Waals surface area contributed by atoms with E-state index in [0.717, 1.165) is 41.3 Å². The molecule has 4 bridgehead atoms. The molecule has 6 heteroatoms. The van der Waals surface area contributed by atoms with Crippen LogP contribution in [0.1, 0.15) is 68.2 Å². The number of aromatic amines is 1. The fourth-order valence-electron chi connectivity index (χ4n) is 6.42. The standard InChI is InChI=1S/C23H26ClN3O2/c1-12-3-4-17-21(22(12)24)20(18(11-25)26-17)13(2)5-19(28)27-15-6-14-7-16(27)10-23(29,8-14)9-15/h3-4,13-16,26,29H,5-10H2,1-2H3. The summed E-state index contributed by atoms with van der Waals surface area (Å²) in [7, 11) is 0. The van der Waals surface area contributed by atoms with Gasteiger partial charge in [0.25, 0.3) is 0 Å². The number of carbonyl (C=O) groups is 1. The zero-order chi connectivity index (χ0) is 20.5. The van der Waals surface area contributed by atoms with Crippen LogP contribution >= 0.6 is 11.6 Å². The van der Waals surface area contributed by atoms with Crippen molar-refractivity contribution < 1.29 is 9.90 Å². The lowest BCUT2D eigenvalue weighted by Gasteiger charge is -2.59. The highest BCUT2D eigenvalue weighted by Gasteiger charge is 2.55. The highest BCUT2D eigenvalue weighted by molar-refractivity contribution is 6.36. The molecule has 2 saturated carbocycles. The number of aromatic nitrogens is 1. The first-order valence-electron chi connectivity index (χ1n) is 10.5. The van der Waals surface area contributed by atoms with E-state index in [2.05, 4.69) is 16.0 Å². The second-order valence-electron chi connectivity index (χ2n) is 9.53. The predicted octanol–water partition coefficient (Wildman–Crippen LogP) is 4.40. The number of carbonyl (C=O) groups excluding carboxylic acids is 1. The van der Waals surface area contributed by atoms with Crippen molar-refractivity contribution in [2.75, 3.05) is 0 Å². The smallest absolute Gasteiger partial charge is 0.223 e. The summed E-state index contributed by atoms with van der Waals surface area (Å²) in [6.45, 7) is 3.95. The van der Waals surface area contributed by atoms with Gasteiger partial charge < -0.3 is 15.0 Å². The van der Waals surface area contributed by atoms with Crippen LogP contribution in [0.5, 0.6) is 0 Å². The SMILES string of the molecule is Cc1ccc2[nH]c(C#N)c(C(C)CC(=O)N3C4CC5CC3CC(O)(C5)C4)c2c1Cl. The molecule has 3 atom stereocenters. The van der Waals surface area contributed by atoms with E-state index in [1.54, 1.807) is 0 Å². The number of nitrogens with one attached hydrogen (secondary N) is 1. The molecule has 3 unspecified atom stereocenters. The first-order chi connectivity index (χ1) is 13.8. The monoisotopic (exact) mass is 411 g/mol. The lowest BCUT2D eigenvalue weighted by atomic mass is 9.61. The normalized spacial score (nSPS) is 31.3. The highest BCUT2D eigenvalue weighted by Crippen LogP contribution is 2.51. The molecule has 2 aromatic rings. The molecular weight excluding hydrogens is 386 g/mol. The maximum Gasteiger partial charge on any atom is 0.223 e. The number of hydrogen-bond acceptors (Lipinski definition) is 3. The Kier molecular flexibility index (Phi) is 4.24. The minimum atomic E-state index is -0.561. The molecular formula is C23H26ClN3O2. The highest BCUT2D eigenvalue weighted by atomic mass is 35.5. The minimum Gasteiger partial charge on any atom is -0.390 e. The van der Waals surface area contributed by atoms with Crippen LogP contribution in [0.3, 0.4) is 0 Å². The molecule has 4 fully saturated rings. The topological polar surface area (TPSA) is 80.1 Å². The van der Waals surface area contributed by atoms with Gasteiger partial charge in [0.05, 0.1) is 10.6 Å². The lowest BCUT2D eigenvalue weighted by molar-refractivity contribution is -0.174. The fourth-order valence-corrected chi connectivity index (χ4v) is 6.68. The molecule has 3 heterocycles. The number of nitriles is 1. The van der Waals surface area contributed by atoms with Crippen molar-refractivity contribution in [1.82, 2.24) is 9.88 Å². The third kappa shape index (κ3) is 2.88. The van der Waals surface area contributed by atoms with Gasteiger partial charge in [0.15, 0.2) is 0 Å². The molecule has 2 aliphatic heterocycles. The largest absolute Gasteiger partial charge is 0.390 e. The quantitative estimate of drug-likeness (QED) is 0.785.